The molecule has 3 nitrogen and oxygen atoms in total. The molecule has 0 aromatic carbocycles. The van der Waals surface area contributed by atoms with Crippen molar-refractivity contribution >= 4 is 0 Å². The van der Waals surface area contributed by atoms with Crippen molar-refractivity contribution in [3.05, 3.63) is 0 Å². The Balaban J connectivity index is 3.03. The van der Waals surface area contributed by atoms with E-state index in [4.69, 9.17) is 9.47 Å². The molecule has 0 aliphatic heterocycles. The van der Waals surface area contributed by atoms with E-state index < -0.39 is 0 Å². The van der Waals surface area contributed by atoms with Gasteiger partial charge in [0.2, 0.25) is 0 Å². The largest absolute Gasteiger partial charge is 0.382 e. The molecule has 0 fully saturated rings. The SMILES string of the molecule is COCC(C)OCCCCCCNCC(C)C. The molecular formula is C14H31NO2. The Morgan fingerprint density at radius 1 is 1.00 bits per heavy atom. The zero-order valence-corrected chi connectivity index (χ0v) is 12.1. The van der Waals surface area contributed by atoms with Crippen molar-refractivity contribution in [2.75, 3.05) is 33.4 Å². The summed E-state index contributed by atoms with van der Waals surface area (Å²) < 4.78 is 10.6. The number of nitrogens with one attached hydrogen (secondary N) is 1. The van der Waals surface area contributed by atoms with Crippen molar-refractivity contribution in [1.29, 1.82) is 0 Å². The summed E-state index contributed by atoms with van der Waals surface area (Å²) in [4.78, 5) is 0. The zero-order valence-electron chi connectivity index (χ0n) is 12.1. The summed E-state index contributed by atoms with van der Waals surface area (Å²) >= 11 is 0. The molecule has 0 aromatic rings. The summed E-state index contributed by atoms with van der Waals surface area (Å²) in [6.45, 7) is 10.4. The summed E-state index contributed by atoms with van der Waals surface area (Å²) in [7, 11) is 1.71. The standard InChI is InChI=1S/C14H31NO2/c1-13(2)11-15-9-7-5-6-8-10-17-14(3)12-16-4/h13-15H,5-12H2,1-4H3. The summed E-state index contributed by atoms with van der Waals surface area (Å²) in [6, 6.07) is 0. The molecular weight excluding hydrogens is 214 g/mol. The molecule has 104 valence electrons. The lowest BCUT2D eigenvalue weighted by Crippen LogP contribution is -2.20. The van der Waals surface area contributed by atoms with Gasteiger partial charge in [-0.05, 0) is 38.8 Å². The van der Waals surface area contributed by atoms with Crippen LogP contribution in [0, 0.1) is 5.92 Å². The van der Waals surface area contributed by atoms with Gasteiger partial charge >= 0.3 is 0 Å². The first-order valence-electron chi connectivity index (χ1n) is 6.98. The van der Waals surface area contributed by atoms with Crippen LogP contribution in [0.1, 0.15) is 46.5 Å². The number of rotatable bonds is 12. The molecule has 0 saturated heterocycles. The molecule has 0 aromatic heterocycles. The first-order chi connectivity index (χ1) is 8.16. The van der Waals surface area contributed by atoms with Crippen LogP contribution in [0.15, 0.2) is 0 Å². The Kier molecular flexibility index (Phi) is 12.3. The molecule has 0 rings (SSSR count). The Bertz CT molecular complexity index is 151. The van der Waals surface area contributed by atoms with E-state index in [2.05, 4.69) is 26.1 Å². The highest BCUT2D eigenvalue weighted by atomic mass is 16.5. The van der Waals surface area contributed by atoms with Crippen LogP contribution in [0.25, 0.3) is 0 Å². The van der Waals surface area contributed by atoms with E-state index in [1.807, 2.05) is 0 Å². The Morgan fingerprint density at radius 2 is 1.71 bits per heavy atom. The second kappa shape index (κ2) is 12.3. The topological polar surface area (TPSA) is 30.5 Å². The van der Waals surface area contributed by atoms with Crippen molar-refractivity contribution in [3.8, 4) is 0 Å². The molecule has 0 spiro atoms. The number of methoxy groups -OCH3 is 1. The fraction of sp³-hybridized carbons (Fsp3) is 1.00. The van der Waals surface area contributed by atoms with Gasteiger partial charge in [0.05, 0.1) is 12.7 Å². The maximum atomic E-state index is 5.60. The zero-order chi connectivity index (χ0) is 12.9. The fourth-order valence-electron chi connectivity index (χ4n) is 1.66. The fourth-order valence-corrected chi connectivity index (χ4v) is 1.66. The maximum Gasteiger partial charge on any atom is 0.0780 e. The lowest BCUT2D eigenvalue weighted by molar-refractivity contribution is 0.00764. The number of hydrogen-bond donors (Lipinski definition) is 1. The predicted octanol–water partition coefficient (Wildman–Crippen LogP) is 2.84. The monoisotopic (exact) mass is 245 g/mol. The van der Waals surface area contributed by atoms with Crippen LogP contribution in [0.3, 0.4) is 0 Å². The molecule has 0 aliphatic rings. The van der Waals surface area contributed by atoms with Gasteiger partial charge in [0, 0.05) is 13.7 Å². The Labute approximate surface area is 107 Å². The van der Waals surface area contributed by atoms with Crippen LogP contribution in [-0.4, -0.2) is 39.5 Å². The smallest absolute Gasteiger partial charge is 0.0780 e. The van der Waals surface area contributed by atoms with Crippen LogP contribution in [0.2, 0.25) is 0 Å². The molecule has 0 saturated carbocycles. The first-order valence-corrected chi connectivity index (χ1v) is 6.98. The molecule has 17 heavy (non-hydrogen) atoms. The number of ether oxygens (including phenoxy) is 2. The third-order valence-electron chi connectivity index (χ3n) is 2.60. The average Bonchev–Trinajstić information content (AvgIpc) is 2.27. The number of hydrogen-bond acceptors (Lipinski definition) is 3. The molecule has 0 aliphatic carbocycles. The molecule has 0 radical (unpaired) electrons. The second-order valence-corrected chi connectivity index (χ2v) is 5.15. The van der Waals surface area contributed by atoms with Crippen molar-refractivity contribution in [1.82, 2.24) is 5.32 Å². The van der Waals surface area contributed by atoms with Crippen LogP contribution in [0.5, 0.6) is 0 Å². The molecule has 0 heterocycles. The summed E-state index contributed by atoms with van der Waals surface area (Å²) in [5.41, 5.74) is 0. The quantitative estimate of drug-likeness (QED) is 0.536. The van der Waals surface area contributed by atoms with Gasteiger partial charge in [-0.1, -0.05) is 26.7 Å². The van der Waals surface area contributed by atoms with Gasteiger partial charge in [0.25, 0.3) is 0 Å². The minimum atomic E-state index is 0.229. The predicted molar refractivity (Wildman–Crippen MR) is 73.5 cm³/mol. The van der Waals surface area contributed by atoms with E-state index in [0.29, 0.717) is 6.61 Å². The van der Waals surface area contributed by atoms with Crippen molar-refractivity contribution in [2.45, 2.75) is 52.6 Å². The highest BCUT2D eigenvalue weighted by molar-refractivity contribution is 4.52. The van der Waals surface area contributed by atoms with Gasteiger partial charge in [0.1, 0.15) is 0 Å². The summed E-state index contributed by atoms with van der Waals surface area (Å²) in [5.74, 6) is 0.755. The minimum absolute atomic E-state index is 0.229. The molecule has 0 amide bonds. The van der Waals surface area contributed by atoms with E-state index >= 15 is 0 Å². The number of unbranched alkanes of at least 4 members (excludes halogenated alkanes) is 3. The van der Waals surface area contributed by atoms with Gasteiger partial charge in [0.15, 0.2) is 0 Å². The normalized spacial score (nSPS) is 13.2. The van der Waals surface area contributed by atoms with E-state index in [0.717, 1.165) is 32.0 Å². The first kappa shape index (κ1) is 16.9. The van der Waals surface area contributed by atoms with Crippen molar-refractivity contribution < 1.29 is 9.47 Å². The van der Waals surface area contributed by atoms with Crippen molar-refractivity contribution in [3.63, 3.8) is 0 Å². The van der Waals surface area contributed by atoms with E-state index in [9.17, 15) is 0 Å². The van der Waals surface area contributed by atoms with E-state index in [1.165, 1.54) is 19.3 Å². The molecule has 3 heteroatoms. The highest BCUT2D eigenvalue weighted by Gasteiger charge is 2.00. The molecule has 1 atom stereocenters. The van der Waals surface area contributed by atoms with Crippen LogP contribution < -0.4 is 5.32 Å². The van der Waals surface area contributed by atoms with Gasteiger partial charge in [-0.25, -0.2) is 0 Å². The summed E-state index contributed by atoms with van der Waals surface area (Å²) in [6.07, 6.45) is 5.24. The minimum Gasteiger partial charge on any atom is -0.382 e. The van der Waals surface area contributed by atoms with Gasteiger partial charge < -0.3 is 14.8 Å². The second-order valence-electron chi connectivity index (χ2n) is 5.15. The average molecular weight is 245 g/mol. The lowest BCUT2D eigenvalue weighted by atomic mass is 10.2. The van der Waals surface area contributed by atoms with Crippen LogP contribution >= 0.6 is 0 Å². The lowest BCUT2D eigenvalue weighted by Gasteiger charge is -2.11. The maximum absolute atomic E-state index is 5.60. The van der Waals surface area contributed by atoms with E-state index in [-0.39, 0.29) is 6.10 Å². The third-order valence-corrected chi connectivity index (χ3v) is 2.60. The van der Waals surface area contributed by atoms with Gasteiger partial charge in [-0.3, -0.25) is 0 Å². The Morgan fingerprint density at radius 3 is 2.35 bits per heavy atom. The third kappa shape index (κ3) is 13.8. The van der Waals surface area contributed by atoms with Crippen molar-refractivity contribution in [2.24, 2.45) is 5.92 Å². The molecule has 1 N–H and O–H groups in total. The highest BCUT2D eigenvalue weighted by Crippen LogP contribution is 2.01. The van der Waals surface area contributed by atoms with Crippen LogP contribution in [0.4, 0.5) is 0 Å². The van der Waals surface area contributed by atoms with Gasteiger partial charge in [-0.15, -0.1) is 0 Å². The Hall–Kier alpha value is -0.120. The summed E-state index contributed by atoms with van der Waals surface area (Å²) in [5, 5.41) is 3.46. The van der Waals surface area contributed by atoms with Crippen LogP contribution in [-0.2, 0) is 9.47 Å². The molecule has 1 unspecified atom stereocenters. The van der Waals surface area contributed by atoms with E-state index in [1.54, 1.807) is 7.11 Å². The van der Waals surface area contributed by atoms with Gasteiger partial charge in [-0.2, -0.15) is 0 Å². The molecule has 0 bridgehead atoms.